The van der Waals surface area contributed by atoms with E-state index in [1.54, 1.807) is 0 Å². The van der Waals surface area contributed by atoms with E-state index in [0.29, 0.717) is 23.9 Å². The van der Waals surface area contributed by atoms with E-state index in [1.807, 2.05) is 21.1 Å². The van der Waals surface area contributed by atoms with Gasteiger partial charge in [-0.3, -0.25) is 13.8 Å². The Morgan fingerprint density at radius 3 is 0.989 bits per heavy atom. The fourth-order valence-electron chi connectivity index (χ4n) is 11.8. The summed E-state index contributed by atoms with van der Waals surface area (Å²) < 4.78 is 24.0. The molecule has 3 N–H and O–H groups in total. The minimum absolute atomic E-state index is 0.0744. The molecule has 9 heteroatoms. The second-order valence-corrected chi connectivity index (χ2v) is 29.2. The summed E-state index contributed by atoms with van der Waals surface area (Å²) >= 11 is 0. The van der Waals surface area contributed by atoms with E-state index in [-0.39, 0.29) is 19.1 Å². The first-order valence-corrected chi connectivity index (χ1v) is 40.3. The first-order chi connectivity index (χ1) is 43.5. The van der Waals surface area contributed by atoms with Gasteiger partial charge in [0.15, 0.2) is 0 Å². The van der Waals surface area contributed by atoms with Crippen molar-refractivity contribution in [2.24, 2.45) is 0 Å². The summed E-state index contributed by atoms with van der Waals surface area (Å²) in [5.74, 6) is -0.140. The van der Waals surface area contributed by atoms with Gasteiger partial charge in [-0.05, 0) is 64.2 Å². The maximum atomic E-state index is 13.1. The summed E-state index contributed by atoms with van der Waals surface area (Å²) in [6.45, 7) is 4.83. The van der Waals surface area contributed by atoms with Crippen molar-refractivity contribution < 1.29 is 32.9 Å². The zero-order valence-corrected chi connectivity index (χ0v) is 60.8. The fourth-order valence-corrected chi connectivity index (χ4v) is 12.5. The summed E-state index contributed by atoms with van der Waals surface area (Å²) in [5.41, 5.74) is 0. The lowest BCUT2D eigenvalue weighted by Gasteiger charge is -2.26. The van der Waals surface area contributed by atoms with Crippen molar-refractivity contribution in [3.05, 3.63) is 72.9 Å². The van der Waals surface area contributed by atoms with E-state index < -0.39 is 20.0 Å². The largest absolute Gasteiger partial charge is 0.472 e. The van der Waals surface area contributed by atoms with Gasteiger partial charge in [0.1, 0.15) is 13.2 Å². The van der Waals surface area contributed by atoms with E-state index in [9.17, 15) is 19.4 Å². The summed E-state index contributed by atoms with van der Waals surface area (Å²) in [4.78, 5) is 23.5. The van der Waals surface area contributed by atoms with Crippen LogP contribution in [0.3, 0.4) is 0 Å². The van der Waals surface area contributed by atoms with Crippen LogP contribution < -0.4 is 5.32 Å². The molecule has 0 fully saturated rings. The van der Waals surface area contributed by atoms with Crippen molar-refractivity contribution in [2.45, 2.75) is 392 Å². The molecule has 0 saturated carbocycles. The number of likely N-dealkylation sites (N-methyl/N-ethyl adjacent to an activating group) is 1. The summed E-state index contributed by atoms with van der Waals surface area (Å²) in [7, 11) is 1.63. The van der Waals surface area contributed by atoms with Crippen LogP contribution in [-0.4, -0.2) is 73.4 Å². The van der Waals surface area contributed by atoms with Crippen LogP contribution in [0.25, 0.3) is 0 Å². The average Bonchev–Trinajstić information content (AvgIpc) is 3.64. The average molecular weight is 1270 g/mol. The third-order valence-corrected chi connectivity index (χ3v) is 18.7. The van der Waals surface area contributed by atoms with Crippen molar-refractivity contribution in [1.29, 1.82) is 0 Å². The van der Waals surface area contributed by atoms with Gasteiger partial charge >= 0.3 is 7.82 Å². The molecular weight excluding hydrogens is 1120 g/mol. The Bertz CT molecular complexity index is 1680. The van der Waals surface area contributed by atoms with Crippen molar-refractivity contribution in [3.8, 4) is 0 Å². The number of phosphoric ester groups is 1. The van der Waals surface area contributed by atoms with E-state index in [1.165, 1.54) is 276 Å². The smallest absolute Gasteiger partial charge is 0.391 e. The number of aliphatic hydroxyl groups excluding tert-OH is 1. The molecule has 522 valence electrons. The molecule has 0 aliphatic rings. The van der Waals surface area contributed by atoms with Crippen LogP contribution in [0.2, 0.25) is 0 Å². The molecule has 0 radical (unpaired) electrons. The highest BCUT2D eigenvalue weighted by Gasteiger charge is 2.28. The maximum absolute atomic E-state index is 13.1. The number of hydrogen-bond donors (Lipinski definition) is 3. The second kappa shape index (κ2) is 70.3. The van der Waals surface area contributed by atoms with Gasteiger partial charge in [0.25, 0.3) is 0 Å². The predicted molar refractivity (Wildman–Crippen MR) is 392 cm³/mol. The van der Waals surface area contributed by atoms with Crippen molar-refractivity contribution in [3.63, 3.8) is 0 Å². The minimum Gasteiger partial charge on any atom is -0.391 e. The first-order valence-electron chi connectivity index (χ1n) is 38.8. The molecule has 0 aromatic rings. The zero-order valence-electron chi connectivity index (χ0n) is 59.9. The van der Waals surface area contributed by atoms with Gasteiger partial charge < -0.3 is 19.8 Å². The number of allylic oxidation sites excluding steroid dienone is 12. The van der Waals surface area contributed by atoms with Crippen molar-refractivity contribution >= 4 is 13.7 Å². The molecule has 89 heavy (non-hydrogen) atoms. The fraction of sp³-hybridized carbons (Fsp3) is 0.838. The highest BCUT2D eigenvalue weighted by molar-refractivity contribution is 7.47. The van der Waals surface area contributed by atoms with Crippen molar-refractivity contribution in [2.75, 3.05) is 40.9 Å². The lowest BCUT2D eigenvalue weighted by atomic mass is 10.0. The number of phosphoric acid groups is 1. The predicted octanol–water partition coefficient (Wildman–Crippen LogP) is 25.3. The van der Waals surface area contributed by atoms with Crippen LogP contribution in [0.4, 0.5) is 0 Å². The molecular formula is C80H152N2O6P+. The summed E-state index contributed by atoms with van der Waals surface area (Å²) in [6, 6.07) is -0.765. The minimum atomic E-state index is -4.34. The third-order valence-electron chi connectivity index (χ3n) is 17.7. The Hall–Kier alpha value is -2.06. The van der Waals surface area contributed by atoms with Crippen molar-refractivity contribution in [1.82, 2.24) is 5.32 Å². The summed E-state index contributed by atoms with van der Waals surface area (Å²) in [6.07, 6.45) is 98.9. The van der Waals surface area contributed by atoms with Crippen LogP contribution in [0.5, 0.6) is 0 Å². The van der Waals surface area contributed by atoms with Gasteiger partial charge in [0.05, 0.1) is 39.9 Å². The van der Waals surface area contributed by atoms with Crippen LogP contribution >= 0.6 is 7.82 Å². The molecule has 0 saturated heterocycles. The van der Waals surface area contributed by atoms with E-state index in [2.05, 4.69) is 92.1 Å². The van der Waals surface area contributed by atoms with E-state index >= 15 is 0 Å². The third kappa shape index (κ3) is 73.2. The number of aliphatic hydroxyl groups is 1. The topological polar surface area (TPSA) is 105 Å². The molecule has 0 heterocycles. The monoisotopic (exact) mass is 1270 g/mol. The Balaban J connectivity index is 3.97. The SMILES string of the molecule is CC/C=C\C/C=C\C/C=C\C/C=C\C/C=C\C/C=C\CCCCCCCCCCCCCCCCCCC(=O)NC(COP(=O)(O)OCC[N+](C)(C)C)C(O)CCCCCCCCCCCCCCCCCCCCCCCCCCCCCCCCCC. The summed E-state index contributed by atoms with van der Waals surface area (Å²) in [5, 5.41) is 14.2. The standard InChI is InChI=1S/C80H151N2O6P/c1-6-8-10-12-14-16-18-20-22-24-26-28-30-32-34-36-38-40-41-42-44-46-48-50-52-54-56-58-60-62-64-66-68-70-72-74-80(84)81-78(77-88-89(85,86)87-76-75-82(3,4)5)79(83)73-71-69-67-65-63-61-59-57-55-53-51-49-47-45-43-39-37-35-33-31-29-27-25-23-21-19-17-15-13-11-9-7-2/h8,10,14,16,20,22,26,28,32,34,38,40,78-79,83H,6-7,9,11-13,15,17-19,21,23-25,27,29-31,33,35-37,39,41-77H2,1-5H3,(H-,81,84,85,86)/p+1/b10-8-,16-14-,22-20-,28-26-,34-32-,40-38-. The number of unbranched alkanes of at least 4 members (excludes halogenated alkanes) is 47. The number of quaternary nitrogens is 1. The Morgan fingerprint density at radius 2 is 0.674 bits per heavy atom. The number of nitrogens with one attached hydrogen (secondary N) is 1. The first kappa shape index (κ1) is 86.9. The molecule has 8 nitrogen and oxygen atoms in total. The van der Waals surface area contributed by atoms with Gasteiger partial charge in [-0.15, -0.1) is 0 Å². The Morgan fingerprint density at radius 1 is 0.393 bits per heavy atom. The van der Waals surface area contributed by atoms with Gasteiger partial charge in [-0.2, -0.15) is 0 Å². The van der Waals surface area contributed by atoms with Crippen LogP contribution in [0.15, 0.2) is 72.9 Å². The zero-order chi connectivity index (χ0) is 64.8. The molecule has 0 aromatic heterocycles. The lowest BCUT2D eigenvalue weighted by Crippen LogP contribution is -2.46. The molecule has 0 bridgehead atoms. The number of carbonyl (C=O) groups excluding carboxylic acids is 1. The number of carbonyl (C=O) groups is 1. The number of nitrogens with zero attached hydrogens (tertiary/aromatic N) is 1. The molecule has 0 spiro atoms. The highest BCUT2D eigenvalue weighted by atomic mass is 31.2. The van der Waals surface area contributed by atoms with Crippen LogP contribution in [0.1, 0.15) is 380 Å². The Kier molecular flexibility index (Phi) is 68.6. The van der Waals surface area contributed by atoms with Crippen LogP contribution in [-0.2, 0) is 18.4 Å². The molecule has 3 atom stereocenters. The van der Waals surface area contributed by atoms with E-state index in [0.717, 1.165) is 77.0 Å². The molecule has 0 aromatic carbocycles. The maximum Gasteiger partial charge on any atom is 0.472 e. The lowest BCUT2D eigenvalue weighted by molar-refractivity contribution is -0.870. The quantitative estimate of drug-likeness (QED) is 0.0243. The molecule has 1 amide bonds. The highest BCUT2D eigenvalue weighted by Crippen LogP contribution is 2.43. The Labute approximate surface area is 554 Å². The van der Waals surface area contributed by atoms with Crippen LogP contribution in [0, 0.1) is 0 Å². The number of hydrogen-bond acceptors (Lipinski definition) is 5. The number of rotatable bonds is 72. The molecule has 0 aliphatic carbocycles. The van der Waals surface area contributed by atoms with Gasteiger partial charge in [0, 0.05) is 6.42 Å². The number of amides is 1. The molecule has 0 rings (SSSR count). The normalized spacial score (nSPS) is 13.9. The van der Waals surface area contributed by atoms with Gasteiger partial charge in [-0.25, -0.2) is 4.57 Å². The molecule has 3 unspecified atom stereocenters. The molecule has 0 aliphatic heterocycles. The van der Waals surface area contributed by atoms with Gasteiger partial charge in [-0.1, -0.05) is 382 Å². The second-order valence-electron chi connectivity index (χ2n) is 27.7. The van der Waals surface area contributed by atoms with Gasteiger partial charge in [0.2, 0.25) is 5.91 Å². The van der Waals surface area contributed by atoms with E-state index in [4.69, 9.17) is 9.05 Å².